The van der Waals surface area contributed by atoms with E-state index in [9.17, 15) is 18.0 Å². The largest absolute Gasteiger partial charge is 0.433 e. The SMILES string of the molecule is Cc1cc2c(N)nccc2c(C)c1CNC(=O)c1cnn(Cc2ccc(N3CCCC3)nc2)c1C(F)(F)F. The summed E-state index contributed by atoms with van der Waals surface area (Å²) in [6.07, 6.45) is 1.55. The standard InChI is InChI=1S/C27H28F3N7O/c1-16-11-20-19(7-8-32-25(20)31)17(2)21(16)13-34-26(38)22-14-35-37(24(22)27(28,29)30)15-18-5-6-23(33-12-18)36-9-3-4-10-36/h5-8,11-12,14H,3-4,9-10,13,15H2,1-2H3,(H2,31,32)(H,34,38). The monoisotopic (exact) mass is 523 g/mol. The minimum atomic E-state index is -4.77. The van der Waals surface area contributed by atoms with Crippen molar-refractivity contribution in [1.82, 2.24) is 25.1 Å². The van der Waals surface area contributed by atoms with Crippen molar-refractivity contribution in [2.24, 2.45) is 0 Å². The van der Waals surface area contributed by atoms with E-state index in [2.05, 4.69) is 25.3 Å². The Kier molecular flexibility index (Phi) is 6.68. The first-order valence-electron chi connectivity index (χ1n) is 12.4. The van der Waals surface area contributed by atoms with E-state index in [0.29, 0.717) is 11.4 Å². The van der Waals surface area contributed by atoms with E-state index in [0.717, 1.165) is 70.1 Å². The van der Waals surface area contributed by atoms with Crippen molar-refractivity contribution in [1.29, 1.82) is 0 Å². The Labute approximate surface area is 217 Å². The number of carbonyl (C=O) groups excluding carboxylic acids is 1. The highest BCUT2D eigenvalue weighted by molar-refractivity contribution is 5.96. The third-order valence-corrected chi connectivity index (χ3v) is 7.06. The van der Waals surface area contributed by atoms with Gasteiger partial charge in [-0.2, -0.15) is 18.3 Å². The molecule has 1 aliphatic heterocycles. The molecule has 3 N–H and O–H groups in total. The topological polar surface area (TPSA) is 102 Å². The summed E-state index contributed by atoms with van der Waals surface area (Å²) in [5.74, 6) is 0.354. The molecule has 3 aromatic heterocycles. The number of hydrogen-bond donors (Lipinski definition) is 2. The molecule has 0 bridgehead atoms. The third kappa shape index (κ3) is 4.88. The van der Waals surface area contributed by atoms with Crippen molar-refractivity contribution in [3.63, 3.8) is 0 Å². The summed E-state index contributed by atoms with van der Waals surface area (Å²) in [6.45, 7) is 5.49. The fourth-order valence-electron chi connectivity index (χ4n) is 5.05. The van der Waals surface area contributed by atoms with Crippen molar-refractivity contribution in [2.75, 3.05) is 23.7 Å². The molecule has 5 rings (SSSR count). The molecule has 0 radical (unpaired) electrons. The molecule has 38 heavy (non-hydrogen) atoms. The van der Waals surface area contributed by atoms with Crippen LogP contribution in [-0.2, 0) is 19.3 Å². The average Bonchev–Trinajstić information content (AvgIpc) is 3.56. The van der Waals surface area contributed by atoms with Gasteiger partial charge in [-0.3, -0.25) is 9.48 Å². The number of fused-ring (bicyclic) bond motifs is 1. The molecule has 1 saturated heterocycles. The van der Waals surface area contributed by atoms with E-state index < -0.39 is 23.3 Å². The van der Waals surface area contributed by atoms with Gasteiger partial charge in [0, 0.05) is 37.4 Å². The van der Waals surface area contributed by atoms with Gasteiger partial charge in [-0.15, -0.1) is 0 Å². The van der Waals surface area contributed by atoms with E-state index in [1.54, 1.807) is 18.5 Å². The van der Waals surface area contributed by atoms with Crippen LogP contribution in [0.3, 0.4) is 0 Å². The second-order valence-electron chi connectivity index (χ2n) is 9.55. The van der Waals surface area contributed by atoms with Gasteiger partial charge >= 0.3 is 6.18 Å². The van der Waals surface area contributed by atoms with E-state index in [1.807, 2.05) is 32.0 Å². The summed E-state index contributed by atoms with van der Waals surface area (Å²) in [6, 6.07) is 7.25. The molecule has 0 saturated carbocycles. The number of hydrogen-bond acceptors (Lipinski definition) is 6. The predicted molar refractivity (Wildman–Crippen MR) is 139 cm³/mol. The number of nitrogens with one attached hydrogen (secondary N) is 1. The highest BCUT2D eigenvalue weighted by Gasteiger charge is 2.40. The molecule has 4 heterocycles. The second-order valence-corrected chi connectivity index (χ2v) is 9.55. The number of amides is 1. The van der Waals surface area contributed by atoms with Crippen LogP contribution in [-0.4, -0.2) is 38.7 Å². The van der Waals surface area contributed by atoms with Crippen LogP contribution in [0.1, 0.15) is 51.1 Å². The Morgan fingerprint density at radius 1 is 1.08 bits per heavy atom. The summed E-state index contributed by atoms with van der Waals surface area (Å²) in [5, 5.41) is 8.23. The lowest BCUT2D eigenvalue weighted by atomic mass is 9.96. The van der Waals surface area contributed by atoms with Crippen molar-refractivity contribution >= 4 is 28.3 Å². The first-order valence-corrected chi connectivity index (χ1v) is 12.4. The van der Waals surface area contributed by atoms with Gasteiger partial charge in [0.15, 0.2) is 5.69 Å². The number of aromatic nitrogens is 4. The molecular formula is C27H28F3N7O. The van der Waals surface area contributed by atoms with Crippen LogP contribution >= 0.6 is 0 Å². The number of carbonyl (C=O) groups is 1. The molecule has 8 nitrogen and oxygen atoms in total. The van der Waals surface area contributed by atoms with E-state index in [1.165, 1.54) is 0 Å². The van der Waals surface area contributed by atoms with Gasteiger partial charge < -0.3 is 16.0 Å². The predicted octanol–water partition coefficient (Wildman–Crippen LogP) is 4.62. The first-order chi connectivity index (χ1) is 18.1. The molecule has 0 unspecified atom stereocenters. The third-order valence-electron chi connectivity index (χ3n) is 7.06. The van der Waals surface area contributed by atoms with Crippen molar-refractivity contribution < 1.29 is 18.0 Å². The lowest BCUT2D eigenvalue weighted by molar-refractivity contribution is -0.144. The number of alkyl halides is 3. The quantitative estimate of drug-likeness (QED) is 0.382. The van der Waals surface area contributed by atoms with E-state index in [4.69, 9.17) is 5.73 Å². The Hall–Kier alpha value is -4.15. The molecule has 198 valence electrons. The molecule has 1 aliphatic rings. The number of nitrogens with zero attached hydrogens (tertiary/aromatic N) is 5. The van der Waals surface area contributed by atoms with Crippen molar-refractivity contribution in [2.45, 2.75) is 46.0 Å². The van der Waals surface area contributed by atoms with Gasteiger partial charge in [-0.05, 0) is 72.5 Å². The maximum absolute atomic E-state index is 14.1. The van der Waals surface area contributed by atoms with Gasteiger partial charge in [0.05, 0.1) is 18.3 Å². The summed E-state index contributed by atoms with van der Waals surface area (Å²) in [4.78, 5) is 23.6. The Bertz CT molecular complexity index is 1490. The molecular weight excluding hydrogens is 495 g/mol. The maximum Gasteiger partial charge on any atom is 0.433 e. The Morgan fingerprint density at radius 3 is 2.53 bits per heavy atom. The van der Waals surface area contributed by atoms with Gasteiger partial charge in [0.25, 0.3) is 5.91 Å². The number of aryl methyl sites for hydroxylation is 2. The maximum atomic E-state index is 14.1. The lowest BCUT2D eigenvalue weighted by Gasteiger charge is -2.17. The molecule has 1 aromatic carbocycles. The van der Waals surface area contributed by atoms with Crippen LogP contribution in [0, 0.1) is 13.8 Å². The highest BCUT2D eigenvalue weighted by Crippen LogP contribution is 2.33. The number of anilines is 2. The van der Waals surface area contributed by atoms with Crippen LogP contribution in [0.2, 0.25) is 0 Å². The second kappa shape index (κ2) is 9.96. The van der Waals surface area contributed by atoms with Crippen LogP contribution in [0.5, 0.6) is 0 Å². The molecule has 1 amide bonds. The number of nitrogen functional groups attached to an aromatic ring is 1. The number of rotatable bonds is 6. The summed E-state index contributed by atoms with van der Waals surface area (Å²) in [5.41, 5.74) is 7.47. The fraction of sp³-hybridized carbons (Fsp3) is 0.333. The smallest absolute Gasteiger partial charge is 0.383 e. The summed E-state index contributed by atoms with van der Waals surface area (Å²) >= 11 is 0. The van der Waals surface area contributed by atoms with E-state index in [-0.39, 0.29) is 13.1 Å². The zero-order chi connectivity index (χ0) is 27.0. The van der Waals surface area contributed by atoms with Gasteiger partial charge in [0.1, 0.15) is 11.6 Å². The molecule has 4 aromatic rings. The Morgan fingerprint density at radius 2 is 1.84 bits per heavy atom. The normalized spacial score (nSPS) is 13.9. The van der Waals surface area contributed by atoms with E-state index >= 15 is 0 Å². The molecule has 11 heteroatoms. The minimum absolute atomic E-state index is 0.0546. The Balaban J connectivity index is 1.37. The van der Waals surface area contributed by atoms with Crippen LogP contribution in [0.25, 0.3) is 10.8 Å². The number of nitrogens with two attached hydrogens (primary N) is 1. The zero-order valence-corrected chi connectivity index (χ0v) is 21.1. The number of pyridine rings is 2. The van der Waals surface area contributed by atoms with Gasteiger partial charge in [-0.1, -0.05) is 6.07 Å². The van der Waals surface area contributed by atoms with Crippen LogP contribution in [0.4, 0.5) is 24.8 Å². The van der Waals surface area contributed by atoms with Gasteiger partial charge in [0.2, 0.25) is 0 Å². The summed E-state index contributed by atoms with van der Waals surface area (Å²) < 4.78 is 43.1. The van der Waals surface area contributed by atoms with Gasteiger partial charge in [-0.25, -0.2) is 9.97 Å². The molecule has 0 spiro atoms. The van der Waals surface area contributed by atoms with Crippen molar-refractivity contribution in [3.05, 3.63) is 76.4 Å². The van der Waals surface area contributed by atoms with Crippen LogP contribution < -0.4 is 16.0 Å². The van der Waals surface area contributed by atoms with Crippen LogP contribution in [0.15, 0.2) is 42.9 Å². The van der Waals surface area contributed by atoms with Crippen molar-refractivity contribution in [3.8, 4) is 0 Å². The first kappa shape index (κ1) is 25.5. The molecule has 0 aliphatic carbocycles. The number of halogens is 3. The molecule has 0 atom stereocenters. The average molecular weight is 524 g/mol. The minimum Gasteiger partial charge on any atom is -0.383 e. The fourth-order valence-corrected chi connectivity index (χ4v) is 5.05. The molecule has 1 fully saturated rings. The number of benzene rings is 1. The zero-order valence-electron chi connectivity index (χ0n) is 21.1. The highest BCUT2D eigenvalue weighted by atomic mass is 19.4. The lowest BCUT2D eigenvalue weighted by Crippen LogP contribution is -2.27. The summed E-state index contributed by atoms with van der Waals surface area (Å²) in [7, 11) is 0.